The van der Waals surface area contributed by atoms with Gasteiger partial charge in [-0.2, -0.15) is 0 Å². The van der Waals surface area contributed by atoms with Crippen molar-refractivity contribution in [3.63, 3.8) is 0 Å². The lowest BCUT2D eigenvalue weighted by Gasteiger charge is -2.37. The minimum Gasteiger partial charge on any atom is -0.369 e. The molecule has 1 saturated heterocycles. The number of amides is 2. The van der Waals surface area contributed by atoms with Crippen molar-refractivity contribution in [3.8, 4) is 0 Å². The van der Waals surface area contributed by atoms with Gasteiger partial charge in [0.2, 0.25) is 11.8 Å². The number of likely N-dealkylation sites (tertiary alicyclic amines) is 1. The summed E-state index contributed by atoms with van der Waals surface area (Å²) in [6.07, 6.45) is 5.04. The second kappa shape index (κ2) is 7.36. The van der Waals surface area contributed by atoms with Crippen LogP contribution in [0.4, 0.5) is 0 Å². The molecule has 18 heavy (non-hydrogen) atoms. The summed E-state index contributed by atoms with van der Waals surface area (Å²) < 4.78 is 0. The fourth-order valence-corrected chi connectivity index (χ4v) is 2.43. The van der Waals surface area contributed by atoms with Crippen LogP contribution in [0.1, 0.15) is 45.4 Å². The third kappa shape index (κ3) is 4.29. The first-order valence-electron chi connectivity index (χ1n) is 6.85. The number of rotatable bonds is 6. The Hall–Kier alpha value is -1.10. The molecule has 1 aliphatic heterocycles. The van der Waals surface area contributed by atoms with Crippen LogP contribution in [-0.4, -0.2) is 35.8 Å². The maximum atomic E-state index is 12.1. The highest BCUT2D eigenvalue weighted by Crippen LogP contribution is 2.22. The highest BCUT2D eigenvalue weighted by molar-refractivity contribution is 5.80. The van der Waals surface area contributed by atoms with Gasteiger partial charge in [-0.1, -0.05) is 6.42 Å². The van der Waals surface area contributed by atoms with Crippen LogP contribution in [0.15, 0.2) is 0 Å². The molecule has 0 saturated carbocycles. The molecule has 0 spiro atoms. The zero-order valence-electron chi connectivity index (χ0n) is 11.2. The van der Waals surface area contributed by atoms with Crippen molar-refractivity contribution in [2.45, 2.75) is 51.5 Å². The van der Waals surface area contributed by atoms with E-state index in [0.717, 1.165) is 32.1 Å². The Bertz CT molecular complexity index is 294. The van der Waals surface area contributed by atoms with Crippen LogP contribution < -0.4 is 11.5 Å². The largest absolute Gasteiger partial charge is 0.369 e. The van der Waals surface area contributed by atoms with E-state index in [1.807, 2.05) is 11.8 Å². The lowest BCUT2D eigenvalue weighted by molar-refractivity contribution is -0.137. The van der Waals surface area contributed by atoms with E-state index in [0.29, 0.717) is 19.5 Å². The molecule has 2 atom stereocenters. The van der Waals surface area contributed by atoms with Gasteiger partial charge in [0.25, 0.3) is 0 Å². The Balaban J connectivity index is 2.41. The summed E-state index contributed by atoms with van der Waals surface area (Å²) in [6.45, 7) is 3.21. The van der Waals surface area contributed by atoms with Gasteiger partial charge in [0.1, 0.15) is 0 Å². The van der Waals surface area contributed by atoms with Gasteiger partial charge < -0.3 is 16.4 Å². The average Bonchev–Trinajstić information content (AvgIpc) is 2.34. The lowest BCUT2D eigenvalue weighted by atomic mass is 9.92. The molecule has 1 heterocycles. The minimum absolute atomic E-state index is 0.144. The monoisotopic (exact) mass is 255 g/mol. The number of nitrogens with two attached hydrogens (primary N) is 2. The van der Waals surface area contributed by atoms with Crippen LogP contribution in [-0.2, 0) is 9.59 Å². The van der Waals surface area contributed by atoms with Crippen LogP contribution in [0.25, 0.3) is 0 Å². The normalized spacial score (nSPS) is 24.0. The molecule has 4 N–H and O–H groups in total. The van der Waals surface area contributed by atoms with Crippen LogP contribution in [0.3, 0.4) is 0 Å². The van der Waals surface area contributed by atoms with Gasteiger partial charge >= 0.3 is 0 Å². The van der Waals surface area contributed by atoms with Gasteiger partial charge in [-0.15, -0.1) is 0 Å². The van der Waals surface area contributed by atoms with Gasteiger partial charge in [0.05, 0.1) is 5.92 Å². The third-order valence-electron chi connectivity index (χ3n) is 3.70. The minimum atomic E-state index is -0.289. The highest BCUT2D eigenvalue weighted by Gasteiger charge is 2.30. The van der Waals surface area contributed by atoms with E-state index in [1.54, 1.807) is 0 Å². The molecule has 0 bridgehead atoms. The molecule has 5 nitrogen and oxygen atoms in total. The fraction of sp³-hybridized carbons (Fsp3) is 0.846. The van der Waals surface area contributed by atoms with Gasteiger partial charge in [-0.25, -0.2) is 0 Å². The molecule has 0 aromatic heterocycles. The smallest absolute Gasteiger partial charge is 0.222 e. The predicted octanol–water partition coefficient (Wildman–Crippen LogP) is 0.618. The van der Waals surface area contributed by atoms with Crippen molar-refractivity contribution in [1.82, 2.24) is 4.90 Å². The Kier molecular flexibility index (Phi) is 6.12. The lowest BCUT2D eigenvalue weighted by Crippen LogP contribution is -2.48. The molecule has 5 heteroatoms. The Morgan fingerprint density at radius 2 is 1.94 bits per heavy atom. The summed E-state index contributed by atoms with van der Waals surface area (Å²) in [5.41, 5.74) is 10.7. The molecule has 0 aromatic rings. The number of primary amides is 1. The molecule has 104 valence electrons. The van der Waals surface area contributed by atoms with Crippen molar-refractivity contribution in [3.05, 3.63) is 0 Å². The van der Waals surface area contributed by atoms with E-state index in [-0.39, 0.29) is 23.8 Å². The summed E-state index contributed by atoms with van der Waals surface area (Å²) >= 11 is 0. The summed E-state index contributed by atoms with van der Waals surface area (Å²) in [4.78, 5) is 25.1. The fourth-order valence-electron chi connectivity index (χ4n) is 2.43. The zero-order chi connectivity index (χ0) is 13.5. The second-order valence-electron chi connectivity index (χ2n) is 5.17. The van der Waals surface area contributed by atoms with Gasteiger partial charge in [0.15, 0.2) is 0 Å². The Labute approximate surface area is 109 Å². The van der Waals surface area contributed by atoms with E-state index in [9.17, 15) is 9.59 Å². The summed E-state index contributed by atoms with van der Waals surface area (Å²) in [6, 6.07) is 0.225. The first-order chi connectivity index (χ1) is 8.56. The topological polar surface area (TPSA) is 89.4 Å². The van der Waals surface area contributed by atoms with Crippen molar-refractivity contribution in [1.29, 1.82) is 0 Å². The SMILES string of the molecule is CC1CCC(C(N)=O)CN1C(=O)CCCCCN. The molecule has 1 aliphatic rings. The van der Waals surface area contributed by atoms with Crippen LogP contribution in [0.2, 0.25) is 0 Å². The van der Waals surface area contributed by atoms with E-state index >= 15 is 0 Å². The van der Waals surface area contributed by atoms with Gasteiger partial charge in [0, 0.05) is 19.0 Å². The van der Waals surface area contributed by atoms with Crippen molar-refractivity contribution in [2.75, 3.05) is 13.1 Å². The van der Waals surface area contributed by atoms with Crippen molar-refractivity contribution in [2.24, 2.45) is 17.4 Å². The van der Waals surface area contributed by atoms with E-state index in [4.69, 9.17) is 11.5 Å². The summed E-state index contributed by atoms with van der Waals surface area (Å²) in [5.74, 6) is -0.317. The van der Waals surface area contributed by atoms with Gasteiger partial charge in [-0.05, 0) is 39.2 Å². The van der Waals surface area contributed by atoms with Crippen LogP contribution in [0, 0.1) is 5.92 Å². The van der Waals surface area contributed by atoms with Crippen LogP contribution >= 0.6 is 0 Å². The molecule has 1 rings (SSSR count). The maximum Gasteiger partial charge on any atom is 0.222 e. The number of hydrogen-bond acceptors (Lipinski definition) is 3. The quantitative estimate of drug-likeness (QED) is 0.682. The number of piperidine rings is 1. The molecular formula is C13H25N3O2. The number of nitrogens with zero attached hydrogens (tertiary/aromatic N) is 1. The molecule has 1 fully saturated rings. The highest BCUT2D eigenvalue weighted by atomic mass is 16.2. The molecule has 0 aliphatic carbocycles. The van der Waals surface area contributed by atoms with Crippen molar-refractivity contribution < 1.29 is 9.59 Å². The zero-order valence-corrected chi connectivity index (χ0v) is 11.2. The molecule has 2 amide bonds. The number of carbonyl (C=O) groups is 2. The Morgan fingerprint density at radius 1 is 1.22 bits per heavy atom. The first-order valence-corrected chi connectivity index (χ1v) is 6.85. The van der Waals surface area contributed by atoms with E-state index in [2.05, 4.69) is 0 Å². The maximum absolute atomic E-state index is 12.1. The molecule has 0 radical (unpaired) electrons. The number of carbonyl (C=O) groups excluding carboxylic acids is 2. The van der Waals surface area contributed by atoms with E-state index in [1.165, 1.54) is 0 Å². The van der Waals surface area contributed by atoms with E-state index < -0.39 is 0 Å². The number of unbranched alkanes of at least 4 members (excludes halogenated alkanes) is 2. The summed E-state index contributed by atoms with van der Waals surface area (Å²) in [7, 11) is 0. The van der Waals surface area contributed by atoms with Crippen molar-refractivity contribution >= 4 is 11.8 Å². The summed E-state index contributed by atoms with van der Waals surface area (Å²) in [5, 5.41) is 0. The third-order valence-corrected chi connectivity index (χ3v) is 3.70. The predicted molar refractivity (Wildman–Crippen MR) is 70.6 cm³/mol. The first kappa shape index (κ1) is 15.0. The second-order valence-corrected chi connectivity index (χ2v) is 5.17. The van der Waals surface area contributed by atoms with Crippen LogP contribution in [0.5, 0.6) is 0 Å². The average molecular weight is 255 g/mol. The molecule has 0 aromatic carbocycles. The van der Waals surface area contributed by atoms with Gasteiger partial charge in [-0.3, -0.25) is 9.59 Å². The molecular weight excluding hydrogens is 230 g/mol. The molecule has 2 unspecified atom stereocenters. The standard InChI is InChI=1S/C13H25N3O2/c1-10-6-7-11(13(15)18)9-16(10)12(17)5-3-2-4-8-14/h10-11H,2-9,14H2,1H3,(H2,15,18). The Morgan fingerprint density at radius 3 is 2.56 bits per heavy atom. The number of hydrogen-bond donors (Lipinski definition) is 2.